The van der Waals surface area contributed by atoms with E-state index in [0.29, 0.717) is 11.8 Å². The van der Waals surface area contributed by atoms with Gasteiger partial charge in [0.25, 0.3) is 0 Å². The van der Waals surface area contributed by atoms with Crippen LogP contribution in [0.25, 0.3) is 11.1 Å². The van der Waals surface area contributed by atoms with E-state index in [-0.39, 0.29) is 10.8 Å². The van der Waals surface area contributed by atoms with Crippen LogP contribution in [0.1, 0.15) is 114 Å². The van der Waals surface area contributed by atoms with Crippen LogP contribution in [0.3, 0.4) is 0 Å². The van der Waals surface area contributed by atoms with Crippen molar-refractivity contribution in [1.29, 1.82) is 0 Å². The average molecular weight is 698 g/mol. The van der Waals surface area contributed by atoms with Gasteiger partial charge in [0, 0.05) is 0 Å². The van der Waals surface area contributed by atoms with E-state index in [2.05, 4.69) is 180 Å². The summed E-state index contributed by atoms with van der Waals surface area (Å²) in [6, 6.07) is 32.6. The van der Waals surface area contributed by atoms with Gasteiger partial charge in [0.1, 0.15) is 0 Å². The molecule has 1 heteroatoms. The van der Waals surface area contributed by atoms with Gasteiger partial charge in [-0.25, -0.2) is 5.57 Å². The van der Waals surface area contributed by atoms with Crippen molar-refractivity contribution in [2.75, 3.05) is 0 Å². The zero-order valence-corrected chi connectivity index (χ0v) is 33.4. The summed E-state index contributed by atoms with van der Waals surface area (Å²) in [5, 5.41) is 0. The van der Waals surface area contributed by atoms with E-state index >= 15 is 0 Å². The summed E-state index contributed by atoms with van der Waals surface area (Å²) in [5.41, 5.74) is 16.9. The van der Waals surface area contributed by atoms with Crippen molar-refractivity contribution in [2.24, 2.45) is 11.8 Å². The van der Waals surface area contributed by atoms with E-state index in [1.807, 2.05) is 0 Å². The van der Waals surface area contributed by atoms with Gasteiger partial charge in [0.15, 0.2) is 0 Å². The Hall–Kier alpha value is -2.89. The van der Waals surface area contributed by atoms with Gasteiger partial charge in [0.2, 0.25) is 0 Å². The number of hydrogen-bond donors (Lipinski definition) is 0. The van der Waals surface area contributed by atoms with E-state index in [4.69, 9.17) is 0 Å². The summed E-state index contributed by atoms with van der Waals surface area (Å²) >= 11 is 1.46. The van der Waals surface area contributed by atoms with Gasteiger partial charge < -0.3 is 0 Å². The van der Waals surface area contributed by atoms with Crippen molar-refractivity contribution in [1.82, 2.24) is 0 Å². The van der Waals surface area contributed by atoms with Crippen molar-refractivity contribution in [3.8, 4) is 11.1 Å². The molecule has 4 aromatic rings. The summed E-state index contributed by atoms with van der Waals surface area (Å²) in [5.74, 6) is 1.20. The van der Waals surface area contributed by atoms with Crippen LogP contribution < -0.4 is 0 Å². The number of fused-ring (bicyclic) bond motifs is 3. The third-order valence-electron chi connectivity index (χ3n) is 9.14. The molecule has 0 fully saturated rings. The Morgan fingerprint density at radius 1 is 0.723 bits per heavy atom. The Bertz CT molecular complexity index is 1650. The minimum atomic E-state index is 0.177. The van der Waals surface area contributed by atoms with Crippen LogP contribution in [0.5, 0.6) is 0 Å². The standard InChI is InChI=1S/C21H25.C15H14.C10H15.Zr/c1-20(2,3)16-9-7-14-11-15-8-10-17(21(4,5)6)13-19(15)18(14)12-16;1-12-3-7-14(8-4-12)11-15-9-5-13(2)6-10-15;1-7(2)10-6-8(3)5-9(10)4;/h7,9-10,12-13H,11H2,1-6H3;3-10H,1-2H3;6-8H,1-4H3;/q-1;;-1;+2. The minimum absolute atomic E-state index is 0.177. The zero-order chi connectivity index (χ0) is 34.7. The molecule has 4 aromatic carbocycles. The molecule has 1 unspecified atom stereocenters. The second kappa shape index (κ2) is 15.1. The second-order valence-electron chi connectivity index (χ2n) is 15.8. The van der Waals surface area contributed by atoms with Crippen LogP contribution in [0.4, 0.5) is 0 Å². The number of allylic oxidation sites excluding steroid dienone is 4. The molecule has 0 amide bonds. The first-order chi connectivity index (χ1) is 21.9. The summed E-state index contributed by atoms with van der Waals surface area (Å²) in [6.45, 7) is 26.7. The average Bonchev–Trinajstić information content (AvgIpc) is 3.55. The molecule has 0 radical (unpaired) electrons. The first-order valence-corrected chi connectivity index (χ1v) is 18.4. The first-order valence-electron chi connectivity index (χ1n) is 17.2. The normalized spacial score (nSPS) is 15.1. The third kappa shape index (κ3) is 9.60. The summed E-state index contributed by atoms with van der Waals surface area (Å²) in [4.78, 5) is 0. The molecule has 0 heterocycles. The van der Waals surface area contributed by atoms with Gasteiger partial charge in [0.05, 0.1) is 0 Å². The molecule has 47 heavy (non-hydrogen) atoms. The van der Waals surface area contributed by atoms with E-state index in [1.54, 1.807) is 0 Å². The molecule has 2 aliphatic rings. The molecule has 0 bridgehead atoms. The van der Waals surface area contributed by atoms with Gasteiger partial charge >= 0.3 is 112 Å². The SMILES string of the molecule is CC(C)(C)c1c[c-]c2c(c1)-c1cc(C(C)(C)C)ccc1C2.CC1=[C-]C(C)C=C1C(C)C.Cc1ccc([C](=[Zr+2])c2ccc(C)cc2)cc1. The van der Waals surface area contributed by atoms with Crippen LogP contribution in [0.15, 0.2) is 96.1 Å². The molecule has 0 N–H and O–H groups in total. The van der Waals surface area contributed by atoms with Crippen LogP contribution in [0, 0.1) is 37.8 Å². The Kier molecular flexibility index (Phi) is 11.9. The molecule has 0 spiro atoms. The number of rotatable bonds is 3. The maximum absolute atomic E-state index is 3.53. The van der Waals surface area contributed by atoms with Crippen LogP contribution in [0.2, 0.25) is 0 Å². The summed E-state index contributed by atoms with van der Waals surface area (Å²) < 4.78 is 1.42. The van der Waals surface area contributed by atoms with E-state index in [9.17, 15) is 0 Å². The molecule has 242 valence electrons. The van der Waals surface area contributed by atoms with Crippen LogP contribution >= 0.6 is 0 Å². The van der Waals surface area contributed by atoms with Gasteiger partial charge in [-0.05, 0) is 17.4 Å². The van der Waals surface area contributed by atoms with Gasteiger partial charge in [-0.15, -0.1) is 5.56 Å². The molecule has 0 aliphatic heterocycles. The summed E-state index contributed by atoms with van der Waals surface area (Å²) in [6.07, 6.45) is 6.71. The monoisotopic (exact) mass is 696 g/mol. The first kappa shape index (κ1) is 36.9. The predicted molar refractivity (Wildman–Crippen MR) is 201 cm³/mol. The topological polar surface area (TPSA) is 0 Å². The molecule has 0 saturated carbocycles. The quantitative estimate of drug-likeness (QED) is 0.165. The molecular formula is C46H54Zr. The number of hydrogen-bond acceptors (Lipinski definition) is 0. The fourth-order valence-corrected chi connectivity index (χ4v) is 6.90. The maximum atomic E-state index is 3.53. The van der Waals surface area contributed by atoms with Crippen molar-refractivity contribution < 1.29 is 24.2 Å². The van der Waals surface area contributed by atoms with E-state index in [0.717, 1.165) is 6.42 Å². The zero-order valence-electron chi connectivity index (χ0n) is 30.9. The Morgan fingerprint density at radius 3 is 1.66 bits per heavy atom. The second-order valence-corrected chi connectivity index (χ2v) is 17.0. The molecular weight excluding hydrogens is 644 g/mol. The third-order valence-corrected chi connectivity index (χ3v) is 10.6. The van der Waals surface area contributed by atoms with Crippen molar-refractivity contribution in [2.45, 2.75) is 100 Å². The van der Waals surface area contributed by atoms with Gasteiger partial charge in [-0.2, -0.15) is 41.0 Å². The molecule has 6 rings (SSSR count). The van der Waals surface area contributed by atoms with Gasteiger partial charge in [-0.3, -0.25) is 6.08 Å². The Balaban J connectivity index is 0.000000170. The van der Waals surface area contributed by atoms with Crippen LogP contribution in [-0.2, 0) is 41.5 Å². The molecule has 2 aliphatic carbocycles. The Labute approximate surface area is 301 Å². The Morgan fingerprint density at radius 2 is 1.23 bits per heavy atom. The van der Waals surface area contributed by atoms with Crippen molar-refractivity contribution >= 4 is 3.21 Å². The number of aryl methyl sites for hydroxylation is 2. The van der Waals surface area contributed by atoms with Crippen molar-refractivity contribution in [3.63, 3.8) is 0 Å². The van der Waals surface area contributed by atoms with Crippen molar-refractivity contribution in [3.05, 3.63) is 153 Å². The van der Waals surface area contributed by atoms with E-state index in [1.165, 1.54) is 94.2 Å². The molecule has 0 saturated heterocycles. The predicted octanol–water partition coefficient (Wildman–Crippen LogP) is 12.0. The van der Waals surface area contributed by atoms with E-state index < -0.39 is 0 Å². The fraction of sp³-hybridized carbons (Fsp3) is 0.370. The number of benzene rings is 4. The van der Waals surface area contributed by atoms with Crippen LogP contribution in [-0.4, -0.2) is 3.21 Å². The summed E-state index contributed by atoms with van der Waals surface area (Å²) in [7, 11) is 0. The molecule has 1 atom stereocenters. The fourth-order valence-electron chi connectivity index (χ4n) is 6.08. The molecule has 0 aromatic heterocycles. The molecule has 0 nitrogen and oxygen atoms in total. The van der Waals surface area contributed by atoms with Gasteiger partial charge in [-0.1, -0.05) is 116 Å².